The molecule has 1 amide bonds. The van der Waals surface area contributed by atoms with Crippen LogP contribution in [0, 0.1) is 0 Å². The quantitative estimate of drug-likeness (QED) is 0.670. The third-order valence-corrected chi connectivity index (χ3v) is 4.01. The summed E-state index contributed by atoms with van der Waals surface area (Å²) in [6, 6.07) is -0.231. The Balaban J connectivity index is 1.99. The molecule has 0 aromatic rings. The van der Waals surface area contributed by atoms with E-state index in [9.17, 15) is 4.79 Å². The number of hydrogen-bond donors (Lipinski definition) is 1. The first-order valence-corrected chi connectivity index (χ1v) is 5.77. The fraction of sp³-hybridized carbons (Fsp3) is 0.909. The van der Waals surface area contributed by atoms with Crippen molar-refractivity contribution in [3.05, 3.63) is 0 Å². The number of carbonyl (C=O) groups is 1. The summed E-state index contributed by atoms with van der Waals surface area (Å²) in [4.78, 5) is 15.7. The van der Waals surface area contributed by atoms with E-state index >= 15 is 0 Å². The SMILES string of the molecule is CN(C)C1(CN2CC(N)C2=O)CCCC1. The van der Waals surface area contributed by atoms with Crippen LogP contribution in [0.4, 0.5) is 0 Å². The minimum Gasteiger partial charge on any atom is -0.337 e. The topological polar surface area (TPSA) is 49.6 Å². The van der Waals surface area contributed by atoms with Crippen LogP contribution < -0.4 is 5.73 Å². The molecule has 15 heavy (non-hydrogen) atoms. The van der Waals surface area contributed by atoms with Crippen LogP contribution in [0.2, 0.25) is 0 Å². The molecule has 1 aliphatic carbocycles. The Morgan fingerprint density at radius 1 is 1.47 bits per heavy atom. The molecular formula is C11H21N3O. The summed E-state index contributed by atoms with van der Waals surface area (Å²) in [6.45, 7) is 1.61. The van der Waals surface area contributed by atoms with Crippen LogP contribution >= 0.6 is 0 Å². The molecule has 1 heterocycles. The summed E-state index contributed by atoms with van der Waals surface area (Å²) in [5.74, 6) is 0.128. The Labute approximate surface area is 91.4 Å². The van der Waals surface area contributed by atoms with Gasteiger partial charge in [-0.15, -0.1) is 0 Å². The van der Waals surface area contributed by atoms with Gasteiger partial charge in [-0.1, -0.05) is 12.8 Å². The normalized spacial score (nSPS) is 29.7. The fourth-order valence-electron chi connectivity index (χ4n) is 2.81. The number of rotatable bonds is 3. The van der Waals surface area contributed by atoms with Gasteiger partial charge in [0.15, 0.2) is 0 Å². The Morgan fingerprint density at radius 3 is 2.47 bits per heavy atom. The molecule has 2 N–H and O–H groups in total. The van der Waals surface area contributed by atoms with E-state index in [1.807, 2.05) is 4.90 Å². The van der Waals surface area contributed by atoms with Gasteiger partial charge in [0.05, 0.1) is 0 Å². The largest absolute Gasteiger partial charge is 0.337 e. The second-order valence-electron chi connectivity index (χ2n) is 5.15. The highest BCUT2D eigenvalue weighted by atomic mass is 16.2. The lowest BCUT2D eigenvalue weighted by Gasteiger charge is -2.45. The standard InChI is InChI=1S/C11H21N3O/c1-13(2)11(5-3-4-6-11)8-14-7-9(12)10(14)15/h9H,3-8,12H2,1-2H3. The van der Waals surface area contributed by atoms with Crippen molar-refractivity contribution in [3.8, 4) is 0 Å². The van der Waals surface area contributed by atoms with Crippen LogP contribution in [0.5, 0.6) is 0 Å². The van der Waals surface area contributed by atoms with Gasteiger partial charge in [-0.3, -0.25) is 4.79 Å². The summed E-state index contributed by atoms with van der Waals surface area (Å²) in [5, 5.41) is 0. The first-order valence-electron chi connectivity index (χ1n) is 5.77. The number of nitrogens with zero attached hydrogens (tertiary/aromatic N) is 2. The molecule has 0 aromatic heterocycles. The number of hydrogen-bond acceptors (Lipinski definition) is 3. The van der Waals surface area contributed by atoms with Gasteiger partial charge in [-0.05, 0) is 26.9 Å². The molecule has 0 bridgehead atoms. The summed E-state index contributed by atoms with van der Waals surface area (Å²) in [5.41, 5.74) is 5.82. The molecular weight excluding hydrogens is 190 g/mol. The van der Waals surface area contributed by atoms with Gasteiger partial charge in [-0.25, -0.2) is 0 Å². The van der Waals surface area contributed by atoms with E-state index in [0.29, 0.717) is 0 Å². The maximum absolute atomic E-state index is 11.5. The van der Waals surface area contributed by atoms with E-state index in [0.717, 1.165) is 13.1 Å². The van der Waals surface area contributed by atoms with E-state index in [1.54, 1.807) is 0 Å². The number of likely N-dealkylation sites (N-methyl/N-ethyl adjacent to an activating group) is 1. The van der Waals surface area contributed by atoms with E-state index in [-0.39, 0.29) is 17.5 Å². The van der Waals surface area contributed by atoms with E-state index < -0.39 is 0 Å². The molecule has 0 radical (unpaired) electrons. The van der Waals surface area contributed by atoms with Crippen LogP contribution in [-0.2, 0) is 4.79 Å². The molecule has 1 aliphatic heterocycles. The molecule has 2 rings (SSSR count). The van der Waals surface area contributed by atoms with Gasteiger partial charge < -0.3 is 15.5 Å². The Kier molecular flexibility index (Phi) is 2.73. The zero-order valence-electron chi connectivity index (χ0n) is 9.70. The molecule has 0 spiro atoms. The number of carbonyl (C=O) groups excluding carboxylic acids is 1. The van der Waals surface area contributed by atoms with Crippen molar-refractivity contribution in [3.63, 3.8) is 0 Å². The van der Waals surface area contributed by atoms with Crippen LogP contribution in [0.1, 0.15) is 25.7 Å². The number of amides is 1. The molecule has 1 atom stereocenters. The minimum absolute atomic E-state index is 0.128. The minimum atomic E-state index is -0.231. The van der Waals surface area contributed by atoms with Crippen molar-refractivity contribution in [1.82, 2.24) is 9.80 Å². The molecule has 1 saturated heterocycles. The van der Waals surface area contributed by atoms with Gasteiger partial charge in [0.25, 0.3) is 0 Å². The van der Waals surface area contributed by atoms with Crippen molar-refractivity contribution in [2.75, 3.05) is 27.2 Å². The van der Waals surface area contributed by atoms with Crippen molar-refractivity contribution < 1.29 is 4.79 Å². The Morgan fingerprint density at radius 2 is 2.07 bits per heavy atom. The number of nitrogens with two attached hydrogens (primary N) is 1. The zero-order chi connectivity index (χ0) is 11.1. The van der Waals surface area contributed by atoms with E-state index in [1.165, 1.54) is 25.7 Å². The van der Waals surface area contributed by atoms with Crippen LogP contribution in [-0.4, -0.2) is 54.5 Å². The van der Waals surface area contributed by atoms with Gasteiger partial charge in [0, 0.05) is 18.6 Å². The highest BCUT2D eigenvalue weighted by Crippen LogP contribution is 2.35. The summed E-state index contributed by atoms with van der Waals surface area (Å²) < 4.78 is 0. The molecule has 0 aromatic carbocycles. The predicted octanol–water partition coefficient (Wildman–Crippen LogP) is 0.0303. The average Bonchev–Trinajstić information content (AvgIpc) is 2.67. The second kappa shape index (κ2) is 3.76. The number of β-lactam (4-membered cyclic amide) rings is 1. The second-order valence-corrected chi connectivity index (χ2v) is 5.15. The highest BCUT2D eigenvalue weighted by molar-refractivity contribution is 5.87. The maximum atomic E-state index is 11.5. The molecule has 2 fully saturated rings. The predicted molar refractivity (Wildman–Crippen MR) is 59.4 cm³/mol. The van der Waals surface area contributed by atoms with E-state index in [2.05, 4.69) is 19.0 Å². The molecule has 86 valence electrons. The molecule has 1 saturated carbocycles. The van der Waals surface area contributed by atoms with Crippen LogP contribution in [0.25, 0.3) is 0 Å². The van der Waals surface area contributed by atoms with E-state index in [4.69, 9.17) is 5.73 Å². The smallest absolute Gasteiger partial charge is 0.241 e. The van der Waals surface area contributed by atoms with Crippen molar-refractivity contribution in [2.24, 2.45) is 5.73 Å². The summed E-state index contributed by atoms with van der Waals surface area (Å²) in [7, 11) is 4.24. The maximum Gasteiger partial charge on any atom is 0.241 e. The Hall–Kier alpha value is -0.610. The van der Waals surface area contributed by atoms with Crippen LogP contribution in [0.15, 0.2) is 0 Å². The van der Waals surface area contributed by atoms with Gasteiger partial charge >= 0.3 is 0 Å². The lowest BCUT2D eigenvalue weighted by atomic mass is 9.93. The van der Waals surface area contributed by atoms with Crippen molar-refractivity contribution >= 4 is 5.91 Å². The molecule has 4 nitrogen and oxygen atoms in total. The lowest BCUT2D eigenvalue weighted by Crippen LogP contribution is -2.65. The average molecular weight is 211 g/mol. The molecule has 1 unspecified atom stereocenters. The van der Waals surface area contributed by atoms with Gasteiger partial charge in [0.2, 0.25) is 5.91 Å². The Bertz CT molecular complexity index is 259. The van der Waals surface area contributed by atoms with Crippen molar-refractivity contribution in [1.29, 1.82) is 0 Å². The van der Waals surface area contributed by atoms with Gasteiger partial charge in [-0.2, -0.15) is 0 Å². The number of likely N-dealkylation sites (tertiary alicyclic amines) is 1. The van der Waals surface area contributed by atoms with Crippen molar-refractivity contribution in [2.45, 2.75) is 37.3 Å². The third kappa shape index (κ3) is 1.76. The highest BCUT2D eigenvalue weighted by Gasteiger charge is 2.43. The first kappa shape index (κ1) is 10.9. The third-order valence-electron chi connectivity index (χ3n) is 4.01. The molecule has 4 heteroatoms. The monoisotopic (exact) mass is 211 g/mol. The fourth-order valence-corrected chi connectivity index (χ4v) is 2.81. The summed E-state index contributed by atoms with van der Waals surface area (Å²) >= 11 is 0. The first-order chi connectivity index (χ1) is 7.05. The summed E-state index contributed by atoms with van der Waals surface area (Å²) in [6.07, 6.45) is 4.98. The van der Waals surface area contributed by atoms with Gasteiger partial charge in [0.1, 0.15) is 6.04 Å². The van der Waals surface area contributed by atoms with Crippen LogP contribution in [0.3, 0.4) is 0 Å². The zero-order valence-corrected chi connectivity index (χ0v) is 9.70. The lowest BCUT2D eigenvalue weighted by molar-refractivity contribution is -0.144. The molecule has 2 aliphatic rings.